The average molecular weight is 134 g/mol. The van der Waals surface area contributed by atoms with Gasteiger partial charge in [0.1, 0.15) is 5.75 Å². The molecule has 0 amide bonds. The summed E-state index contributed by atoms with van der Waals surface area (Å²) < 4.78 is 0. The maximum atomic E-state index is 9.15. The van der Waals surface area contributed by atoms with E-state index in [4.69, 9.17) is 5.11 Å². The molecular weight excluding hydrogens is 124 g/mol. The number of aromatic hydroxyl groups is 1. The Bertz CT molecular complexity index is 325. The summed E-state index contributed by atoms with van der Waals surface area (Å²) in [6, 6.07) is 5.36. The first-order valence-electron chi connectivity index (χ1n) is 3.19. The van der Waals surface area contributed by atoms with Gasteiger partial charge in [-0.05, 0) is 18.2 Å². The Balaban J connectivity index is 3.60. The van der Waals surface area contributed by atoms with Crippen molar-refractivity contribution in [1.82, 2.24) is 0 Å². The molecule has 0 saturated carbocycles. The number of benzene rings is 1. The van der Waals surface area contributed by atoms with Crippen molar-refractivity contribution in [3.05, 3.63) is 28.6 Å². The Hall–Kier alpha value is -1.24. The summed E-state index contributed by atoms with van der Waals surface area (Å²) in [4.78, 5) is 0. The van der Waals surface area contributed by atoms with Crippen LogP contribution < -0.4 is 10.4 Å². The first-order valence-corrected chi connectivity index (χ1v) is 3.19. The molecule has 1 aromatic rings. The smallest absolute Gasteiger partial charge is 0.122 e. The van der Waals surface area contributed by atoms with E-state index in [1.807, 2.05) is 19.1 Å². The number of phenolic OH excluding ortho intramolecular Hbond substituents is 1. The zero-order chi connectivity index (χ0) is 7.56. The summed E-state index contributed by atoms with van der Waals surface area (Å²) in [5.41, 5.74) is 0. The van der Waals surface area contributed by atoms with E-state index in [0.717, 1.165) is 5.22 Å². The molecular formula is C9H10O. The zero-order valence-electron chi connectivity index (χ0n) is 5.96. The number of phenols is 1. The predicted molar refractivity (Wildman–Crippen MR) is 43.0 cm³/mol. The number of rotatable bonds is 0. The van der Waals surface area contributed by atoms with Gasteiger partial charge in [-0.2, -0.15) is 0 Å². The van der Waals surface area contributed by atoms with Gasteiger partial charge in [0.25, 0.3) is 0 Å². The number of hydrogen-bond acceptors (Lipinski definition) is 1. The van der Waals surface area contributed by atoms with Gasteiger partial charge in [0.15, 0.2) is 0 Å². The summed E-state index contributed by atoms with van der Waals surface area (Å²) in [6.07, 6.45) is 1.92. The fourth-order valence-corrected chi connectivity index (χ4v) is 0.862. The summed E-state index contributed by atoms with van der Waals surface area (Å²) in [5.74, 6) is 0.260. The van der Waals surface area contributed by atoms with Gasteiger partial charge in [0, 0.05) is 5.22 Å². The average Bonchev–Trinajstić information content (AvgIpc) is 1.95. The van der Waals surface area contributed by atoms with Crippen LogP contribution in [0.3, 0.4) is 0 Å². The van der Waals surface area contributed by atoms with Gasteiger partial charge in [-0.25, -0.2) is 0 Å². The van der Waals surface area contributed by atoms with Crippen molar-refractivity contribution in [3.8, 4) is 5.75 Å². The largest absolute Gasteiger partial charge is 0.507 e. The highest BCUT2D eigenvalue weighted by Crippen LogP contribution is 1.92. The van der Waals surface area contributed by atoms with E-state index in [1.165, 1.54) is 0 Å². The monoisotopic (exact) mass is 134 g/mol. The Morgan fingerprint density at radius 1 is 1.50 bits per heavy atom. The lowest BCUT2D eigenvalue weighted by molar-refractivity contribution is 0.470. The highest BCUT2D eigenvalue weighted by atomic mass is 16.3. The lowest BCUT2D eigenvalue weighted by Gasteiger charge is -1.90. The van der Waals surface area contributed by atoms with Gasteiger partial charge in [-0.1, -0.05) is 24.8 Å². The minimum absolute atomic E-state index is 0.260. The summed E-state index contributed by atoms with van der Waals surface area (Å²) in [6.45, 7) is 5.63. The molecule has 0 bridgehead atoms. The standard InChI is InChI=1S/C9H10O/c1-3-8-5-4-6-9(10)7(8)2/h3-6,10H,2H2,1H3/b8-3-. The molecule has 1 rings (SSSR count). The van der Waals surface area contributed by atoms with Gasteiger partial charge in [0.05, 0.1) is 0 Å². The lowest BCUT2D eigenvalue weighted by atomic mass is 10.2. The van der Waals surface area contributed by atoms with Crippen molar-refractivity contribution in [2.75, 3.05) is 0 Å². The third kappa shape index (κ3) is 1.03. The molecule has 0 unspecified atom stereocenters. The number of hydrogen-bond donors (Lipinski definition) is 1. The molecule has 1 aromatic carbocycles. The van der Waals surface area contributed by atoms with Gasteiger partial charge in [-0.15, -0.1) is 0 Å². The molecule has 10 heavy (non-hydrogen) atoms. The van der Waals surface area contributed by atoms with Gasteiger partial charge in [-0.3, -0.25) is 0 Å². The second-order valence-electron chi connectivity index (χ2n) is 2.13. The zero-order valence-corrected chi connectivity index (χ0v) is 5.96. The molecule has 0 aromatic heterocycles. The first kappa shape index (κ1) is 6.87. The van der Waals surface area contributed by atoms with E-state index in [9.17, 15) is 0 Å². The van der Waals surface area contributed by atoms with E-state index < -0.39 is 0 Å². The minimum atomic E-state index is 0.260. The van der Waals surface area contributed by atoms with Crippen LogP contribution in [0, 0.1) is 0 Å². The molecule has 0 radical (unpaired) electrons. The van der Waals surface area contributed by atoms with Crippen LogP contribution in [0.4, 0.5) is 0 Å². The fraction of sp³-hybridized carbons (Fsp3) is 0.111. The molecule has 1 heteroatoms. The Kier molecular flexibility index (Phi) is 1.76. The maximum absolute atomic E-state index is 9.15. The van der Waals surface area contributed by atoms with Gasteiger partial charge >= 0.3 is 0 Å². The highest BCUT2D eigenvalue weighted by Gasteiger charge is 1.86. The van der Waals surface area contributed by atoms with E-state index in [1.54, 1.807) is 12.1 Å². The molecule has 0 spiro atoms. The Morgan fingerprint density at radius 2 is 2.20 bits per heavy atom. The molecule has 1 N–H and O–H groups in total. The van der Waals surface area contributed by atoms with Crippen LogP contribution in [0.2, 0.25) is 0 Å². The maximum Gasteiger partial charge on any atom is 0.122 e. The molecule has 52 valence electrons. The third-order valence-electron chi connectivity index (χ3n) is 1.50. The second kappa shape index (κ2) is 2.56. The lowest BCUT2D eigenvalue weighted by Crippen LogP contribution is -2.21. The first-order chi connectivity index (χ1) is 4.75. The van der Waals surface area contributed by atoms with Gasteiger partial charge in [0.2, 0.25) is 0 Å². The molecule has 1 nitrogen and oxygen atoms in total. The molecule has 0 aliphatic carbocycles. The van der Waals surface area contributed by atoms with Crippen molar-refractivity contribution in [2.24, 2.45) is 0 Å². The van der Waals surface area contributed by atoms with Crippen LogP contribution in [0.15, 0.2) is 18.2 Å². The fourth-order valence-electron chi connectivity index (χ4n) is 0.862. The van der Waals surface area contributed by atoms with Gasteiger partial charge < -0.3 is 5.11 Å². The van der Waals surface area contributed by atoms with Crippen LogP contribution in [-0.2, 0) is 0 Å². The van der Waals surface area contributed by atoms with Crippen molar-refractivity contribution in [2.45, 2.75) is 6.92 Å². The quantitative estimate of drug-likeness (QED) is 0.551. The van der Waals surface area contributed by atoms with Crippen molar-refractivity contribution < 1.29 is 5.11 Å². The molecule has 0 fully saturated rings. The Morgan fingerprint density at radius 3 is 2.70 bits per heavy atom. The Labute approximate surface area is 59.9 Å². The van der Waals surface area contributed by atoms with E-state index in [-0.39, 0.29) is 5.75 Å². The summed E-state index contributed by atoms with van der Waals surface area (Å²) in [7, 11) is 0. The molecule has 0 saturated heterocycles. The van der Waals surface area contributed by atoms with Crippen molar-refractivity contribution >= 4 is 12.7 Å². The minimum Gasteiger partial charge on any atom is -0.507 e. The van der Waals surface area contributed by atoms with Crippen LogP contribution in [0.25, 0.3) is 12.7 Å². The van der Waals surface area contributed by atoms with Crippen molar-refractivity contribution in [3.63, 3.8) is 0 Å². The van der Waals surface area contributed by atoms with Crippen LogP contribution in [0.1, 0.15) is 6.92 Å². The van der Waals surface area contributed by atoms with E-state index >= 15 is 0 Å². The van der Waals surface area contributed by atoms with Crippen LogP contribution >= 0.6 is 0 Å². The third-order valence-corrected chi connectivity index (χ3v) is 1.50. The van der Waals surface area contributed by atoms with Crippen LogP contribution in [-0.4, -0.2) is 5.11 Å². The topological polar surface area (TPSA) is 20.2 Å². The second-order valence-corrected chi connectivity index (χ2v) is 2.13. The molecule has 0 heterocycles. The summed E-state index contributed by atoms with van der Waals surface area (Å²) >= 11 is 0. The SMILES string of the molecule is C=c1c(O)ccc/c1=C/C. The molecule has 0 aliphatic rings. The van der Waals surface area contributed by atoms with E-state index in [0.29, 0.717) is 5.22 Å². The normalized spacial score (nSPS) is 11.9. The van der Waals surface area contributed by atoms with E-state index in [2.05, 4.69) is 6.58 Å². The molecule has 0 atom stereocenters. The molecule has 0 aliphatic heterocycles. The highest BCUT2D eigenvalue weighted by molar-refractivity contribution is 5.32. The summed E-state index contributed by atoms with van der Waals surface area (Å²) in [5, 5.41) is 10.8. The van der Waals surface area contributed by atoms with Crippen molar-refractivity contribution in [1.29, 1.82) is 0 Å². The predicted octanol–water partition coefficient (Wildman–Crippen LogP) is 0.603. The van der Waals surface area contributed by atoms with Crippen LogP contribution in [0.5, 0.6) is 5.75 Å².